The maximum absolute atomic E-state index is 8.81. The van der Waals surface area contributed by atoms with Gasteiger partial charge in [0.05, 0.1) is 23.1 Å². The first-order valence-electron chi connectivity index (χ1n) is 6.24. The molecule has 0 atom stereocenters. The molecule has 0 radical (unpaired) electrons. The van der Waals surface area contributed by atoms with Gasteiger partial charge >= 0.3 is 0 Å². The van der Waals surface area contributed by atoms with Crippen LogP contribution in [0.4, 0.5) is 0 Å². The molecule has 1 N–H and O–H groups in total. The fraction of sp³-hybridized carbons (Fsp3) is 0.214. The smallest absolute Gasteiger partial charge is 0.0832 e. The molecule has 0 amide bonds. The van der Waals surface area contributed by atoms with Crippen LogP contribution in [0.3, 0.4) is 0 Å². The van der Waals surface area contributed by atoms with E-state index in [1.807, 2.05) is 36.5 Å². The quantitative estimate of drug-likeness (QED) is 0.770. The fourth-order valence-corrected chi connectivity index (χ4v) is 2.00. The first-order valence-corrected chi connectivity index (χ1v) is 6.24. The van der Waals surface area contributed by atoms with Crippen LogP contribution in [0.1, 0.15) is 12.1 Å². The standard InChI is InChI=1S/C14H14N4O/c19-8-2-4-12-10-18(17-16-12)13-5-6-14-11(9-13)3-1-7-15-14/h1,3,5-7,9-10,19H,2,4,8H2. The van der Waals surface area contributed by atoms with E-state index in [0.29, 0.717) is 6.42 Å². The Morgan fingerprint density at radius 2 is 2.16 bits per heavy atom. The third-order valence-corrected chi connectivity index (χ3v) is 2.98. The highest BCUT2D eigenvalue weighted by Crippen LogP contribution is 2.16. The number of rotatable bonds is 4. The molecule has 0 aliphatic heterocycles. The molecule has 0 spiro atoms. The Labute approximate surface area is 110 Å². The van der Waals surface area contributed by atoms with Crippen molar-refractivity contribution in [2.24, 2.45) is 0 Å². The second-order valence-electron chi connectivity index (χ2n) is 4.36. The Bertz CT molecular complexity index is 692. The lowest BCUT2D eigenvalue weighted by atomic mass is 10.2. The number of hydrogen-bond acceptors (Lipinski definition) is 4. The Morgan fingerprint density at radius 1 is 1.21 bits per heavy atom. The Balaban J connectivity index is 1.92. The van der Waals surface area contributed by atoms with E-state index >= 15 is 0 Å². The molecule has 0 bridgehead atoms. The molecule has 2 heterocycles. The zero-order chi connectivity index (χ0) is 13.1. The first-order chi connectivity index (χ1) is 9.36. The third kappa shape index (κ3) is 2.46. The van der Waals surface area contributed by atoms with Crippen LogP contribution in [0.25, 0.3) is 16.6 Å². The van der Waals surface area contributed by atoms with Crippen LogP contribution in [0.2, 0.25) is 0 Å². The molecule has 0 saturated heterocycles. The largest absolute Gasteiger partial charge is 0.396 e. The zero-order valence-electron chi connectivity index (χ0n) is 10.4. The van der Waals surface area contributed by atoms with E-state index in [1.54, 1.807) is 10.9 Å². The molecule has 5 heteroatoms. The van der Waals surface area contributed by atoms with Crippen LogP contribution < -0.4 is 0 Å². The molecule has 0 aliphatic carbocycles. The van der Waals surface area contributed by atoms with Gasteiger partial charge < -0.3 is 5.11 Å². The highest BCUT2D eigenvalue weighted by atomic mass is 16.2. The molecule has 96 valence electrons. The van der Waals surface area contributed by atoms with Crippen molar-refractivity contribution in [1.82, 2.24) is 20.0 Å². The SMILES string of the molecule is OCCCc1cn(-c2ccc3ncccc3c2)nn1. The van der Waals surface area contributed by atoms with Crippen molar-refractivity contribution < 1.29 is 5.11 Å². The second-order valence-corrected chi connectivity index (χ2v) is 4.36. The van der Waals surface area contributed by atoms with E-state index in [2.05, 4.69) is 15.3 Å². The highest BCUT2D eigenvalue weighted by molar-refractivity contribution is 5.80. The van der Waals surface area contributed by atoms with Gasteiger partial charge in [-0.2, -0.15) is 0 Å². The van der Waals surface area contributed by atoms with Crippen LogP contribution >= 0.6 is 0 Å². The summed E-state index contributed by atoms with van der Waals surface area (Å²) in [6.07, 6.45) is 5.13. The van der Waals surface area contributed by atoms with E-state index in [0.717, 1.165) is 28.7 Å². The monoisotopic (exact) mass is 254 g/mol. The van der Waals surface area contributed by atoms with Gasteiger partial charge in [-0.3, -0.25) is 4.98 Å². The Hall–Kier alpha value is -2.27. The number of benzene rings is 1. The molecule has 19 heavy (non-hydrogen) atoms. The van der Waals surface area contributed by atoms with Crippen molar-refractivity contribution in [1.29, 1.82) is 0 Å². The van der Waals surface area contributed by atoms with Gasteiger partial charge in [-0.1, -0.05) is 11.3 Å². The van der Waals surface area contributed by atoms with E-state index in [1.165, 1.54) is 0 Å². The fourth-order valence-electron chi connectivity index (χ4n) is 2.00. The van der Waals surface area contributed by atoms with Crippen LogP contribution in [-0.4, -0.2) is 31.7 Å². The van der Waals surface area contributed by atoms with Gasteiger partial charge in [-0.05, 0) is 37.1 Å². The maximum atomic E-state index is 8.81. The predicted molar refractivity (Wildman–Crippen MR) is 72.1 cm³/mol. The minimum atomic E-state index is 0.175. The predicted octanol–water partition coefficient (Wildman–Crippen LogP) is 1.74. The number of aromatic nitrogens is 4. The molecule has 2 aromatic heterocycles. The summed E-state index contributed by atoms with van der Waals surface area (Å²) in [4.78, 5) is 4.29. The normalized spacial score (nSPS) is 11.0. The van der Waals surface area contributed by atoms with Crippen LogP contribution in [0.5, 0.6) is 0 Å². The number of aryl methyl sites for hydroxylation is 1. The van der Waals surface area contributed by atoms with Crippen molar-refractivity contribution in [3.63, 3.8) is 0 Å². The first kappa shape index (κ1) is 11.8. The number of aliphatic hydroxyl groups excluding tert-OH is 1. The summed E-state index contributed by atoms with van der Waals surface area (Å²) in [5.74, 6) is 0. The summed E-state index contributed by atoms with van der Waals surface area (Å²) in [6.45, 7) is 0.175. The number of aliphatic hydroxyl groups is 1. The summed E-state index contributed by atoms with van der Waals surface area (Å²) >= 11 is 0. The molecule has 0 saturated carbocycles. The van der Waals surface area contributed by atoms with Crippen molar-refractivity contribution in [3.05, 3.63) is 48.4 Å². The molecule has 0 aliphatic rings. The van der Waals surface area contributed by atoms with Gasteiger partial charge in [0.2, 0.25) is 0 Å². The lowest BCUT2D eigenvalue weighted by molar-refractivity contribution is 0.288. The van der Waals surface area contributed by atoms with Gasteiger partial charge in [0, 0.05) is 18.2 Å². The number of pyridine rings is 1. The van der Waals surface area contributed by atoms with Crippen molar-refractivity contribution in [2.45, 2.75) is 12.8 Å². The zero-order valence-corrected chi connectivity index (χ0v) is 10.4. The average molecular weight is 254 g/mol. The molecule has 5 nitrogen and oxygen atoms in total. The van der Waals surface area contributed by atoms with Gasteiger partial charge in [0.1, 0.15) is 0 Å². The topological polar surface area (TPSA) is 63.8 Å². The van der Waals surface area contributed by atoms with E-state index in [4.69, 9.17) is 5.11 Å². The summed E-state index contributed by atoms with van der Waals surface area (Å²) in [5.41, 5.74) is 2.82. The van der Waals surface area contributed by atoms with Crippen molar-refractivity contribution in [2.75, 3.05) is 6.61 Å². The summed E-state index contributed by atoms with van der Waals surface area (Å²) in [6, 6.07) is 9.92. The van der Waals surface area contributed by atoms with Gasteiger partial charge in [-0.15, -0.1) is 5.10 Å². The van der Waals surface area contributed by atoms with E-state index in [9.17, 15) is 0 Å². The molecular weight excluding hydrogens is 240 g/mol. The van der Waals surface area contributed by atoms with Crippen LogP contribution in [-0.2, 0) is 6.42 Å². The van der Waals surface area contributed by atoms with Crippen molar-refractivity contribution >= 4 is 10.9 Å². The minimum Gasteiger partial charge on any atom is -0.396 e. The van der Waals surface area contributed by atoms with Gasteiger partial charge in [0.15, 0.2) is 0 Å². The summed E-state index contributed by atoms with van der Waals surface area (Å²) < 4.78 is 1.75. The summed E-state index contributed by atoms with van der Waals surface area (Å²) in [7, 11) is 0. The minimum absolute atomic E-state index is 0.175. The van der Waals surface area contributed by atoms with E-state index in [-0.39, 0.29) is 6.61 Å². The number of fused-ring (bicyclic) bond motifs is 1. The van der Waals surface area contributed by atoms with Gasteiger partial charge in [0.25, 0.3) is 0 Å². The number of nitrogens with zero attached hydrogens (tertiary/aromatic N) is 4. The Morgan fingerprint density at radius 3 is 3.05 bits per heavy atom. The molecule has 3 aromatic rings. The van der Waals surface area contributed by atoms with E-state index < -0.39 is 0 Å². The molecule has 0 unspecified atom stereocenters. The average Bonchev–Trinajstić information content (AvgIpc) is 2.93. The van der Waals surface area contributed by atoms with Crippen molar-refractivity contribution in [3.8, 4) is 5.69 Å². The Kier molecular flexibility index (Phi) is 3.20. The lowest BCUT2D eigenvalue weighted by Gasteiger charge is -2.01. The highest BCUT2D eigenvalue weighted by Gasteiger charge is 2.03. The lowest BCUT2D eigenvalue weighted by Crippen LogP contribution is -1.94. The molecule has 3 rings (SSSR count). The third-order valence-electron chi connectivity index (χ3n) is 2.98. The maximum Gasteiger partial charge on any atom is 0.0832 e. The molecule has 1 aromatic carbocycles. The summed E-state index contributed by atoms with van der Waals surface area (Å²) in [5, 5.41) is 18.1. The number of hydrogen-bond donors (Lipinski definition) is 1. The van der Waals surface area contributed by atoms with Crippen LogP contribution in [0.15, 0.2) is 42.7 Å². The van der Waals surface area contributed by atoms with Gasteiger partial charge in [-0.25, -0.2) is 4.68 Å². The molecular formula is C14H14N4O. The second kappa shape index (κ2) is 5.16. The van der Waals surface area contributed by atoms with Crippen LogP contribution in [0, 0.1) is 0 Å². The molecule has 0 fully saturated rings.